The normalized spacial score (nSPS) is 11.1. The second kappa shape index (κ2) is 6.10. The van der Waals surface area contributed by atoms with Crippen LogP contribution in [0.3, 0.4) is 0 Å². The highest BCUT2D eigenvalue weighted by Gasteiger charge is 2.10. The van der Waals surface area contributed by atoms with E-state index < -0.39 is 9.84 Å². The van der Waals surface area contributed by atoms with Crippen LogP contribution in [0.2, 0.25) is 0 Å². The fourth-order valence-corrected chi connectivity index (χ4v) is 2.57. The lowest BCUT2D eigenvalue weighted by Crippen LogP contribution is -2.23. The summed E-state index contributed by atoms with van der Waals surface area (Å²) in [6.45, 7) is 2.43. The number of sulfone groups is 1. The number of hydrogen-bond acceptors (Lipinski definition) is 3. The van der Waals surface area contributed by atoms with Crippen LogP contribution in [0, 0.1) is 6.92 Å². The lowest BCUT2D eigenvalue weighted by Gasteiger charge is -2.08. The maximum absolute atomic E-state index is 12.0. The summed E-state index contributed by atoms with van der Waals surface area (Å²) in [6.07, 6.45) is 1.14. The molecule has 0 aliphatic rings. The number of aryl methyl sites for hydroxylation is 1. The monoisotopic (exact) mass is 303 g/mol. The standard InChI is InChI=1S/C16H17NO3S/c1-12-5-3-4-6-14(12)11-17-16(18)13-7-9-15(10-8-13)21(2,19)20/h3-10H,11H2,1-2H3,(H,17,18). The van der Waals surface area contributed by atoms with Crippen molar-refractivity contribution in [2.24, 2.45) is 0 Å². The third-order valence-electron chi connectivity index (χ3n) is 3.25. The minimum absolute atomic E-state index is 0.206. The van der Waals surface area contributed by atoms with Crippen molar-refractivity contribution >= 4 is 15.7 Å². The van der Waals surface area contributed by atoms with Gasteiger partial charge in [-0.25, -0.2) is 8.42 Å². The summed E-state index contributed by atoms with van der Waals surface area (Å²) in [7, 11) is -3.24. The number of carbonyl (C=O) groups excluding carboxylic acids is 1. The number of rotatable bonds is 4. The van der Waals surface area contributed by atoms with Crippen molar-refractivity contribution in [1.29, 1.82) is 0 Å². The highest BCUT2D eigenvalue weighted by Crippen LogP contribution is 2.11. The van der Waals surface area contributed by atoms with Gasteiger partial charge < -0.3 is 5.32 Å². The molecule has 0 aliphatic heterocycles. The Balaban J connectivity index is 2.06. The lowest BCUT2D eigenvalue weighted by atomic mass is 10.1. The van der Waals surface area contributed by atoms with E-state index in [1.165, 1.54) is 24.3 Å². The number of amides is 1. The molecule has 0 spiro atoms. The van der Waals surface area contributed by atoms with Gasteiger partial charge in [-0.05, 0) is 42.3 Å². The molecular weight excluding hydrogens is 286 g/mol. The Kier molecular flexibility index (Phi) is 4.43. The molecule has 5 heteroatoms. The van der Waals surface area contributed by atoms with E-state index in [2.05, 4.69) is 5.32 Å². The van der Waals surface area contributed by atoms with Crippen LogP contribution < -0.4 is 5.32 Å². The molecular formula is C16H17NO3S. The maximum Gasteiger partial charge on any atom is 0.251 e. The minimum atomic E-state index is -3.24. The molecule has 0 atom stereocenters. The van der Waals surface area contributed by atoms with Gasteiger partial charge in [-0.2, -0.15) is 0 Å². The smallest absolute Gasteiger partial charge is 0.251 e. The second-order valence-corrected chi connectivity index (χ2v) is 6.92. The zero-order chi connectivity index (χ0) is 15.5. The number of nitrogens with one attached hydrogen (secondary N) is 1. The average molecular weight is 303 g/mol. The van der Waals surface area contributed by atoms with Crippen LogP contribution in [0.15, 0.2) is 53.4 Å². The molecule has 0 saturated carbocycles. The van der Waals surface area contributed by atoms with Crippen molar-refractivity contribution in [1.82, 2.24) is 5.32 Å². The van der Waals surface area contributed by atoms with E-state index in [0.29, 0.717) is 12.1 Å². The Morgan fingerprint density at radius 3 is 2.24 bits per heavy atom. The molecule has 2 aromatic carbocycles. The molecule has 0 heterocycles. The largest absolute Gasteiger partial charge is 0.348 e. The highest BCUT2D eigenvalue weighted by atomic mass is 32.2. The Hall–Kier alpha value is -2.14. The fourth-order valence-electron chi connectivity index (χ4n) is 1.94. The van der Waals surface area contributed by atoms with Crippen molar-refractivity contribution < 1.29 is 13.2 Å². The summed E-state index contributed by atoms with van der Waals surface area (Å²) >= 11 is 0. The molecule has 110 valence electrons. The van der Waals surface area contributed by atoms with E-state index in [1.807, 2.05) is 31.2 Å². The fraction of sp³-hybridized carbons (Fsp3) is 0.188. The van der Waals surface area contributed by atoms with Gasteiger partial charge in [0.05, 0.1) is 4.90 Å². The van der Waals surface area contributed by atoms with Gasteiger partial charge in [0.1, 0.15) is 0 Å². The van der Waals surface area contributed by atoms with Gasteiger partial charge in [0.2, 0.25) is 0 Å². The molecule has 1 amide bonds. The van der Waals surface area contributed by atoms with Crippen molar-refractivity contribution in [3.63, 3.8) is 0 Å². The Morgan fingerprint density at radius 1 is 1.05 bits per heavy atom. The summed E-state index contributed by atoms with van der Waals surface area (Å²) in [5.41, 5.74) is 2.61. The molecule has 0 saturated heterocycles. The van der Waals surface area contributed by atoms with Crippen molar-refractivity contribution in [3.8, 4) is 0 Å². The molecule has 21 heavy (non-hydrogen) atoms. The third kappa shape index (κ3) is 3.92. The quantitative estimate of drug-likeness (QED) is 0.943. The van der Waals surface area contributed by atoms with E-state index in [4.69, 9.17) is 0 Å². The summed E-state index contributed by atoms with van der Waals surface area (Å²) in [6, 6.07) is 13.7. The Morgan fingerprint density at radius 2 is 1.67 bits per heavy atom. The van der Waals surface area contributed by atoms with E-state index >= 15 is 0 Å². The van der Waals surface area contributed by atoms with Crippen LogP contribution in [0.4, 0.5) is 0 Å². The molecule has 0 radical (unpaired) electrons. The summed E-state index contributed by atoms with van der Waals surface area (Å²) in [5.74, 6) is -0.224. The van der Waals surface area contributed by atoms with Crippen LogP contribution in [0.1, 0.15) is 21.5 Å². The maximum atomic E-state index is 12.0. The van der Waals surface area contributed by atoms with Crippen LogP contribution in [0.5, 0.6) is 0 Å². The molecule has 2 rings (SSSR count). The predicted molar refractivity (Wildman–Crippen MR) is 81.9 cm³/mol. The van der Waals surface area contributed by atoms with Gasteiger partial charge in [-0.3, -0.25) is 4.79 Å². The summed E-state index contributed by atoms with van der Waals surface area (Å²) < 4.78 is 22.7. The van der Waals surface area contributed by atoms with Gasteiger partial charge in [0.25, 0.3) is 5.91 Å². The van der Waals surface area contributed by atoms with E-state index in [1.54, 1.807) is 0 Å². The van der Waals surface area contributed by atoms with Gasteiger partial charge in [0.15, 0.2) is 9.84 Å². The van der Waals surface area contributed by atoms with Gasteiger partial charge in [0, 0.05) is 18.4 Å². The van der Waals surface area contributed by atoms with Crippen molar-refractivity contribution in [3.05, 3.63) is 65.2 Å². The number of benzene rings is 2. The topological polar surface area (TPSA) is 63.2 Å². The van der Waals surface area contributed by atoms with Gasteiger partial charge in [-0.15, -0.1) is 0 Å². The predicted octanol–water partition coefficient (Wildman–Crippen LogP) is 2.33. The average Bonchev–Trinajstić information content (AvgIpc) is 2.45. The van der Waals surface area contributed by atoms with Crippen molar-refractivity contribution in [2.75, 3.05) is 6.26 Å². The summed E-state index contributed by atoms with van der Waals surface area (Å²) in [4.78, 5) is 12.2. The van der Waals surface area contributed by atoms with Crippen LogP contribution in [0.25, 0.3) is 0 Å². The van der Waals surface area contributed by atoms with E-state index in [0.717, 1.165) is 17.4 Å². The first-order valence-corrected chi connectivity index (χ1v) is 8.40. The first-order valence-electron chi connectivity index (χ1n) is 6.51. The SMILES string of the molecule is Cc1ccccc1CNC(=O)c1ccc(S(C)(=O)=O)cc1. The van der Waals surface area contributed by atoms with Crippen LogP contribution in [-0.4, -0.2) is 20.6 Å². The van der Waals surface area contributed by atoms with Gasteiger partial charge >= 0.3 is 0 Å². The molecule has 0 bridgehead atoms. The lowest BCUT2D eigenvalue weighted by molar-refractivity contribution is 0.0951. The molecule has 0 aliphatic carbocycles. The van der Waals surface area contributed by atoms with E-state index in [9.17, 15) is 13.2 Å². The molecule has 2 aromatic rings. The molecule has 1 N–H and O–H groups in total. The molecule has 0 aromatic heterocycles. The molecule has 0 unspecified atom stereocenters. The summed E-state index contributed by atoms with van der Waals surface area (Å²) in [5, 5.41) is 2.83. The highest BCUT2D eigenvalue weighted by molar-refractivity contribution is 7.90. The second-order valence-electron chi connectivity index (χ2n) is 4.91. The molecule has 0 fully saturated rings. The number of carbonyl (C=O) groups is 1. The van der Waals surface area contributed by atoms with Crippen molar-refractivity contribution in [2.45, 2.75) is 18.4 Å². The van der Waals surface area contributed by atoms with E-state index in [-0.39, 0.29) is 10.8 Å². The van der Waals surface area contributed by atoms with Crippen LogP contribution >= 0.6 is 0 Å². The zero-order valence-corrected chi connectivity index (χ0v) is 12.8. The zero-order valence-electron chi connectivity index (χ0n) is 12.0. The first kappa shape index (κ1) is 15.3. The minimum Gasteiger partial charge on any atom is -0.348 e. The third-order valence-corrected chi connectivity index (χ3v) is 4.37. The number of hydrogen-bond donors (Lipinski definition) is 1. The molecule has 4 nitrogen and oxygen atoms in total. The Labute approximate surface area is 124 Å². The first-order chi connectivity index (χ1) is 9.88. The van der Waals surface area contributed by atoms with Crippen LogP contribution in [-0.2, 0) is 16.4 Å². The Bertz CT molecular complexity index is 749. The van der Waals surface area contributed by atoms with Gasteiger partial charge in [-0.1, -0.05) is 24.3 Å².